The molecule has 1 aromatic carbocycles. The van der Waals surface area contributed by atoms with E-state index in [-0.39, 0.29) is 30.2 Å². The molecule has 0 spiro atoms. The number of anilines is 1. The van der Waals surface area contributed by atoms with Gasteiger partial charge in [-0.25, -0.2) is 0 Å². The molecule has 1 unspecified atom stereocenters. The third-order valence-corrected chi connectivity index (χ3v) is 3.38. The van der Waals surface area contributed by atoms with E-state index in [1.165, 1.54) is 0 Å². The van der Waals surface area contributed by atoms with Crippen LogP contribution in [0.15, 0.2) is 18.2 Å². The molecule has 5 nitrogen and oxygen atoms in total. The van der Waals surface area contributed by atoms with Crippen molar-refractivity contribution < 1.29 is 9.59 Å². The van der Waals surface area contributed by atoms with Crippen LogP contribution in [0, 0.1) is 12.8 Å². The Morgan fingerprint density at radius 2 is 1.95 bits per heavy atom. The van der Waals surface area contributed by atoms with Crippen LogP contribution in [-0.4, -0.2) is 24.4 Å². The minimum atomic E-state index is -0.153. The van der Waals surface area contributed by atoms with Gasteiger partial charge in [0.15, 0.2) is 0 Å². The third-order valence-electron chi connectivity index (χ3n) is 3.38. The average Bonchev–Trinajstić information content (AvgIpc) is 2.41. The van der Waals surface area contributed by atoms with E-state index in [1.807, 2.05) is 27.7 Å². The van der Waals surface area contributed by atoms with E-state index in [4.69, 9.17) is 5.73 Å². The SMILES string of the molecule is CCNC(=O)c1ccc(NC(=O)CC(N)C(C)C)c(C)c1. The Labute approximate surface area is 126 Å². The molecule has 0 bridgehead atoms. The van der Waals surface area contributed by atoms with Gasteiger partial charge >= 0.3 is 0 Å². The summed E-state index contributed by atoms with van der Waals surface area (Å²) in [5.74, 6) is 0.0438. The van der Waals surface area contributed by atoms with Crippen molar-refractivity contribution in [1.29, 1.82) is 0 Å². The fourth-order valence-corrected chi connectivity index (χ4v) is 1.86. The molecule has 0 heterocycles. The molecule has 21 heavy (non-hydrogen) atoms. The molecule has 0 aliphatic heterocycles. The molecule has 0 aromatic heterocycles. The maximum Gasteiger partial charge on any atom is 0.251 e. The molecule has 1 atom stereocenters. The standard InChI is InChI=1S/C16H25N3O2/c1-5-18-16(21)12-6-7-14(11(4)8-12)19-15(20)9-13(17)10(2)3/h6-8,10,13H,5,9,17H2,1-4H3,(H,18,21)(H,19,20). The summed E-state index contributed by atoms with van der Waals surface area (Å²) < 4.78 is 0. The smallest absolute Gasteiger partial charge is 0.251 e. The second-order valence-electron chi connectivity index (χ2n) is 5.55. The first-order chi connectivity index (χ1) is 9.85. The summed E-state index contributed by atoms with van der Waals surface area (Å²) in [5.41, 5.74) is 8.05. The van der Waals surface area contributed by atoms with Crippen LogP contribution >= 0.6 is 0 Å². The first-order valence-corrected chi connectivity index (χ1v) is 7.29. The summed E-state index contributed by atoms with van der Waals surface area (Å²) in [6.07, 6.45) is 0.287. The van der Waals surface area contributed by atoms with Gasteiger partial charge in [0.25, 0.3) is 5.91 Å². The highest BCUT2D eigenvalue weighted by Crippen LogP contribution is 2.17. The van der Waals surface area contributed by atoms with Crippen LogP contribution in [0.2, 0.25) is 0 Å². The number of hydrogen-bond acceptors (Lipinski definition) is 3. The number of benzene rings is 1. The largest absolute Gasteiger partial charge is 0.352 e. The Kier molecular flexibility index (Phi) is 6.37. The lowest BCUT2D eigenvalue weighted by molar-refractivity contribution is -0.116. The number of carbonyl (C=O) groups excluding carboxylic acids is 2. The average molecular weight is 291 g/mol. The van der Waals surface area contributed by atoms with Crippen LogP contribution in [0.5, 0.6) is 0 Å². The first-order valence-electron chi connectivity index (χ1n) is 7.29. The van der Waals surface area contributed by atoms with Crippen LogP contribution in [0.4, 0.5) is 5.69 Å². The lowest BCUT2D eigenvalue weighted by Crippen LogP contribution is -2.31. The number of hydrogen-bond donors (Lipinski definition) is 3. The van der Waals surface area contributed by atoms with Crippen LogP contribution in [0.25, 0.3) is 0 Å². The highest BCUT2D eigenvalue weighted by atomic mass is 16.2. The van der Waals surface area contributed by atoms with Gasteiger partial charge in [0.05, 0.1) is 0 Å². The van der Waals surface area contributed by atoms with Crippen molar-refractivity contribution in [2.45, 2.75) is 40.2 Å². The van der Waals surface area contributed by atoms with Gasteiger partial charge < -0.3 is 16.4 Å². The molecule has 116 valence electrons. The summed E-state index contributed by atoms with van der Waals surface area (Å²) in [6.45, 7) is 8.30. The van der Waals surface area contributed by atoms with Gasteiger partial charge in [-0.05, 0) is 43.5 Å². The summed E-state index contributed by atoms with van der Waals surface area (Å²) in [7, 11) is 0. The lowest BCUT2D eigenvalue weighted by atomic mass is 10.0. The molecule has 0 aliphatic carbocycles. The van der Waals surface area contributed by atoms with E-state index >= 15 is 0 Å². The van der Waals surface area contributed by atoms with Crippen LogP contribution in [0.3, 0.4) is 0 Å². The van der Waals surface area contributed by atoms with Gasteiger partial charge in [0, 0.05) is 30.3 Å². The zero-order valence-corrected chi connectivity index (χ0v) is 13.2. The molecule has 1 rings (SSSR count). The molecule has 0 saturated carbocycles. The molecule has 0 fully saturated rings. The highest BCUT2D eigenvalue weighted by Gasteiger charge is 2.14. The monoisotopic (exact) mass is 291 g/mol. The number of amides is 2. The second kappa shape index (κ2) is 7.78. The van der Waals surface area contributed by atoms with Gasteiger partial charge in [-0.15, -0.1) is 0 Å². The molecular formula is C16H25N3O2. The minimum absolute atomic E-state index is 0.106. The summed E-state index contributed by atoms with van der Waals surface area (Å²) in [4.78, 5) is 23.7. The number of nitrogens with two attached hydrogens (primary N) is 1. The van der Waals surface area contributed by atoms with Gasteiger partial charge in [0.1, 0.15) is 0 Å². The predicted octanol–water partition coefficient (Wildman–Crippen LogP) is 2.06. The molecule has 5 heteroatoms. The quantitative estimate of drug-likeness (QED) is 0.750. The summed E-state index contributed by atoms with van der Waals surface area (Å²) in [5, 5.41) is 5.59. The zero-order chi connectivity index (χ0) is 16.0. The summed E-state index contributed by atoms with van der Waals surface area (Å²) in [6, 6.07) is 5.07. The van der Waals surface area contributed by atoms with Crippen molar-refractivity contribution in [3.63, 3.8) is 0 Å². The normalized spacial score (nSPS) is 12.1. The van der Waals surface area contributed by atoms with E-state index in [2.05, 4.69) is 10.6 Å². The Morgan fingerprint density at radius 3 is 2.48 bits per heavy atom. The van der Waals surface area contributed by atoms with Crippen molar-refractivity contribution in [2.24, 2.45) is 11.7 Å². The Bertz CT molecular complexity index is 512. The second-order valence-corrected chi connectivity index (χ2v) is 5.55. The van der Waals surface area contributed by atoms with Crippen molar-refractivity contribution in [1.82, 2.24) is 5.32 Å². The Balaban J connectivity index is 2.73. The van der Waals surface area contributed by atoms with Crippen molar-refractivity contribution in [3.8, 4) is 0 Å². The predicted molar refractivity (Wildman–Crippen MR) is 85.2 cm³/mol. The number of carbonyl (C=O) groups is 2. The van der Waals surface area contributed by atoms with E-state index in [0.717, 1.165) is 5.56 Å². The van der Waals surface area contributed by atoms with Gasteiger partial charge in [-0.3, -0.25) is 9.59 Å². The van der Waals surface area contributed by atoms with Crippen LogP contribution < -0.4 is 16.4 Å². The lowest BCUT2D eigenvalue weighted by Gasteiger charge is -2.16. The molecule has 4 N–H and O–H groups in total. The van der Waals surface area contributed by atoms with Gasteiger partial charge in [-0.2, -0.15) is 0 Å². The fourth-order valence-electron chi connectivity index (χ4n) is 1.86. The number of rotatable bonds is 6. The molecule has 0 radical (unpaired) electrons. The fraction of sp³-hybridized carbons (Fsp3) is 0.500. The Hall–Kier alpha value is -1.88. The maximum atomic E-state index is 11.9. The van der Waals surface area contributed by atoms with E-state index < -0.39 is 0 Å². The minimum Gasteiger partial charge on any atom is -0.352 e. The van der Waals surface area contributed by atoms with Gasteiger partial charge in [0.2, 0.25) is 5.91 Å². The topological polar surface area (TPSA) is 84.2 Å². The molecule has 0 saturated heterocycles. The van der Waals surface area contributed by atoms with Crippen molar-refractivity contribution in [3.05, 3.63) is 29.3 Å². The van der Waals surface area contributed by atoms with Crippen LogP contribution in [0.1, 0.15) is 43.1 Å². The van der Waals surface area contributed by atoms with Crippen molar-refractivity contribution >= 4 is 17.5 Å². The van der Waals surface area contributed by atoms with E-state index in [0.29, 0.717) is 17.8 Å². The molecular weight excluding hydrogens is 266 g/mol. The molecule has 2 amide bonds. The third kappa shape index (κ3) is 5.19. The van der Waals surface area contributed by atoms with E-state index in [9.17, 15) is 9.59 Å². The first kappa shape index (κ1) is 17.2. The summed E-state index contributed by atoms with van der Waals surface area (Å²) >= 11 is 0. The maximum absolute atomic E-state index is 11.9. The highest BCUT2D eigenvalue weighted by molar-refractivity contribution is 5.96. The number of nitrogens with one attached hydrogen (secondary N) is 2. The number of aryl methyl sites for hydroxylation is 1. The molecule has 0 aliphatic rings. The van der Waals surface area contributed by atoms with Crippen molar-refractivity contribution in [2.75, 3.05) is 11.9 Å². The van der Waals surface area contributed by atoms with Gasteiger partial charge in [-0.1, -0.05) is 13.8 Å². The van der Waals surface area contributed by atoms with Crippen LogP contribution in [-0.2, 0) is 4.79 Å². The van der Waals surface area contributed by atoms with E-state index in [1.54, 1.807) is 18.2 Å². The Morgan fingerprint density at radius 1 is 1.29 bits per heavy atom. The zero-order valence-electron chi connectivity index (χ0n) is 13.2. The molecule has 1 aromatic rings.